The van der Waals surface area contributed by atoms with Crippen LogP contribution in [0.2, 0.25) is 5.02 Å². The van der Waals surface area contributed by atoms with Crippen LogP contribution in [-0.2, 0) is 20.4 Å². The molecule has 0 saturated carbocycles. The summed E-state index contributed by atoms with van der Waals surface area (Å²) in [4.78, 5) is 22.6. The van der Waals surface area contributed by atoms with E-state index in [4.69, 9.17) is 21.1 Å². The molecule has 168 valence electrons. The van der Waals surface area contributed by atoms with Crippen LogP contribution >= 0.6 is 11.6 Å². The molecule has 0 N–H and O–H groups in total. The lowest BCUT2D eigenvalue weighted by atomic mass is 10.1. The first-order chi connectivity index (χ1) is 15.3. The normalized spacial score (nSPS) is 11.4. The number of hydrogen-bond donors (Lipinski definition) is 0. The van der Waals surface area contributed by atoms with Crippen LogP contribution in [0.5, 0.6) is 0 Å². The van der Waals surface area contributed by atoms with E-state index < -0.39 is 17.6 Å². The Morgan fingerprint density at radius 1 is 1.09 bits per heavy atom. The molecule has 1 heterocycles. The standard InChI is InChI=1S/C22H19ClF3N3O3/c1-31-11-12-32-14-20(30)29(18-7-5-16(6-8-18)22(24,25)26)21-27-10-9-19(28-21)15-3-2-4-17(23)13-15/h2-10,13H,11-12,14H2,1H3. The number of carbonyl (C=O) groups is 1. The van der Waals surface area contributed by atoms with Gasteiger partial charge in [-0.05, 0) is 42.5 Å². The Kier molecular flexibility index (Phi) is 7.79. The molecule has 32 heavy (non-hydrogen) atoms. The van der Waals surface area contributed by atoms with Gasteiger partial charge in [-0.15, -0.1) is 0 Å². The topological polar surface area (TPSA) is 64.6 Å². The number of methoxy groups -OCH3 is 1. The van der Waals surface area contributed by atoms with Crippen LogP contribution in [0.1, 0.15) is 5.56 Å². The second kappa shape index (κ2) is 10.5. The lowest BCUT2D eigenvalue weighted by molar-refractivity contribution is -0.137. The number of ether oxygens (including phenoxy) is 2. The van der Waals surface area contributed by atoms with Crippen molar-refractivity contribution in [1.82, 2.24) is 9.97 Å². The first kappa shape index (κ1) is 23.6. The Labute approximate surface area is 187 Å². The summed E-state index contributed by atoms with van der Waals surface area (Å²) in [6.45, 7) is 0.121. The Bertz CT molecular complexity index is 1060. The van der Waals surface area contributed by atoms with Crippen LogP contribution in [0, 0.1) is 0 Å². The van der Waals surface area contributed by atoms with Crippen LogP contribution in [0.4, 0.5) is 24.8 Å². The summed E-state index contributed by atoms with van der Waals surface area (Å²) in [7, 11) is 1.49. The predicted octanol–water partition coefficient (Wildman–Crippen LogP) is 5.14. The third-order valence-electron chi connectivity index (χ3n) is 4.32. The summed E-state index contributed by atoms with van der Waals surface area (Å²) in [6, 6.07) is 12.7. The van der Waals surface area contributed by atoms with Gasteiger partial charge in [0.15, 0.2) is 0 Å². The summed E-state index contributed by atoms with van der Waals surface area (Å²) in [5.74, 6) is -0.563. The average Bonchev–Trinajstić information content (AvgIpc) is 2.77. The van der Waals surface area contributed by atoms with Crippen molar-refractivity contribution < 1.29 is 27.4 Å². The Morgan fingerprint density at radius 3 is 2.50 bits per heavy atom. The molecule has 0 aliphatic carbocycles. The zero-order chi connectivity index (χ0) is 23.1. The Morgan fingerprint density at radius 2 is 1.84 bits per heavy atom. The lowest BCUT2D eigenvalue weighted by Gasteiger charge is -2.22. The number of nitrogens with zero attached hydrogens (tertiary/aromatic N) is 3. The van der Waals surface area contributed by atoms with Gasteiger partial charge in [0.1, 0.15) is 6.61 Å². The van der Waals surface area contributed by atoms with E-state index in [-0.39, 0.29) is 31.5 Å². The maximum atomic E-state index is 13.0. The van der Waals surface area contributed by atoms with Gasteiger partial charge in [-0.3, -0.25) is 4.79 Å². The number of rotatable bonds is 8. The van der Waals surface area contributed by atoms with Crippen molar-refractivity contribution in [2.45, 2.75) is 6.18 Å². The number of hydrogen-bond acceptors (Lipinski definition) is 5. The van der Waals surface area contributed by atoms with Gasteiger partial charge in [0.05, 0.1) is 30.2 Å². The van der Waals surface area contributed by atoms with Crippen molar-refractivity contribution in [3.63, 3.8) is 0 Å². The van der Waals surface area contributed by atoms with E-state index in [0.29, 0.717) is 16.3 Å². The van der Waals surface area contributed by atoms with Gasteiger partial charge in [0.2, 0.25) is 5.95 Å². The fourth-order valence-electron chi connectivity index (χ4n) is 2.80. The van der Waals surface area contributed by atoms with Crippen molar-refractivity contribution in [3.8, 4) is 11.3 Å². The van der Waals surface area contributed by atoms with Gasteiger partial charge < -0.3 is 9.47 Å². The smallest absolute Gasteiger partial charge is 0.382 e. The SMILES string of the molecule is COCCOCC(=O)N(c1ccc(C(F)(F)F)cc1)c1nccc(-c2cccc(Cl)c2)n1. The molecule has 0 bridgehead atoms. The number of amides is 1. The third-order valence-corrected chi connectivity index (χ3v) is 4.56. The molecule has 0 spiro atoms. The summed E-state index contributed by atoms with van der Waals surface area (Å²) < 4.78 is 49.1. The van der Waals surface area contributed by atoms with E-state index in [0.717, 1.165) is 17.0 Å². The average molecular weight is 466 g/mol. The Hall–Kier alpha value is -3.01. The van der Waals surface area contributed by atoms with Gasteiger partial charge in [-0.1, -0.05) is 23.7 Å². The summed E-state index contributed by atoms with van der Waals surface area (Å²) in [6.07, 6.45) is -3.05. The van der Waals surface area contributed by atoms with E-state index >= 15 is 0 Å². The molecule has 3 aromatic rings. The minimum Gasteiger partial charge on any atom is -0.382 e. The maximum Gasteiger partial charge on any atom is 0.416 e. The van der Waals surface area contributed by atoms with Gasteiger partial charge >= 0.3 is 6.18 Å². The van der Waals surface area contributed by atoms with Gasteiger partial charge in [-0.2, -0.15) is 13.2 Å². The summed E-state index contributed by atoms with van der Waals surface area (Å²) in [5, 5.41) is 0.505. The molecular weight excluding hydrogens is 447 g/mol. The number of aromatic nitrogens is 2. The highest BCUT2D eigenvalue weighted by molar-refractivity contribution is 6.30. The van der Waals surface area contributed by atoms with Crippen LogP contribution in [-0.4, -0.2) is 42.8 Å². The largest absolute Gasteiger partial charge is 0.416 e. The second-order valence-corrected chi connectivity index (χ2v) is 7.01. The molecule has 10 heteroatoms. The fraction of sp³-hybridized carbons (Fsp3) is 0.227. The molecular formula is C22H19ClF3N3O3. The van der Waals surface area contributed by atoms with E-state index in [1.807, 2.05) is 0 Å². The summed E-state index contributed by atoms with van der Waals surface area (Å²) in [5.41, 5.74) is 0.514. The number of anilines is 2. The molecule has 1 aromatic heterocycles. The van der Waals surface area contributed by atoms with Gasteiger partial charge in [0, 0.05) is 23.9 Å². The van der Waals surface area contributed by atoms with E-state index in [1.54, 1.807) is 30.3 Å². The third kappa shape index (κ3) is 6.03. The summed E-state index contributed by atoms with van der Waals surface area (Å²) >= 11 is 6.05. The van der Waals surface area contributed by atoms with E-state index in [2.05, 4.69) is 9.97 Å². The van der Waals surface area contributed by atoms with Gasteiger partial charge in [0.25, 0.3) is 5.91 Å². The van der Waals surface area contributed by atoms with Crippen molar-refractivity contribution in [3.05, 3.63) is 71.4 Å². The number of halogens is 4. The van der Waals surface area contributed by atoms with Crippen LogP contribution in [0.3, 0.4) is 0 Å². The second-order valence-electron chi connectivity index (χ2n) is 6.57. The van der Waals surface area contributed by atoms with Crippen molar-refractivity contribution in [2.24, 2.45) is 0 Å². The molecule has 0 aliphatic rings. The quantitative estimate of drug-likeness (QED) is 0.431. The van der Waals surface area contributed by atoms with Gasteiger partial charge in [-0.25, -0.2) is 14.9 Å². The highest BCUT2D eigenvalue weighted by atomic mass is 35.5. The minimum atomic E-state index is -4.50. The Balaban J connectivity index is 1.97. The van der Waals surface area contributed by atoms with E-state index in [1.165, 1.54) is 25.4 Å². The molecule has 0 aliphatic heterocycles. The minimum absolute atomic E-state index is 0.0115. The zero-order valence-corrected chi connectivity index (χ0v) is 17.7. The number of carbonyl (C=O) groups excluding carboxylic acids is 1. The molecule has 1 amide bonds. The first-order valence-corrected chi connectivity index (χ1v) is 9.83. The van der Waals surface area contributed by atoms with E-state index in [9.17, 15) is 18.0 Å². The zero-order valence-electron chi connectivity index (χ0n) is 17.0. The molecule has 0 radical (unpaired) electrons. The van der Waals surface area contributed by atoms with Crippen molar-refractivity contribution in [2.75, 3.05) is 31.8 Å². The highest BCUT2D eigenvalue weighted by Gasteiger charge is 2.31. The maximum absolute atomic E-state index is 13.0. The predicted molar refractivity (Wildman–Crippen MR) is 114 cm³/mol. The number of alkyl halides is 3. The molecule has 0 atom stereocenters. The molecule has 0 unspecified atom stereocenters. The monoisotopic (exact) mass is 465 g/mol. The molecule has 6 nitrogen and oxygen atoms in total. The van der Waals surface area contributed by atoms with Crippen LogP contribution in [0.25, 0.3) is 11.3 Å². The molecule has 3 rings (SSSR count). The lowest BCUT2D eigenvalue weighted by Crippen LogP contribution is -2.31. The molecule has 0 fully saturated rings. The molecule has 2 aromatic carbocycles. The van der Waals surface area contributed by atoms with Crippen molar-refractivity contribution >= 4 is 29.1 Å². The van der Waals surface area contributed by atoms with Crippen LogP contribution in [0.15, 0.2) is 60.8 Å². The van der Waals surface area contributed by atoms with Crippen molar-refractivity contribution in [1.29, 1.82) is 0 Å². The van der Waals surface area contributed by atoms with Crippen LogP contribution < -0.4 is 4.90 Å². The first-order valence-electron chi connectivity index (χ1n) is 9.45. The molecule has 0 saturated heterocycles. The number of benzene rings is 2. The fourth-order valence-corrected chi connectivity index (χ4v) is 2.99. The highest BCUT2D eigenvalue weighted by Crippen LogP contribution is 2.32.